The van der Waals surface area contributed by atoms with E-state index in [1.54, 1.807) is 13.8 Å². The van der Waals surface area contributed by atoms with Crippen LogP contribution in [-0.4, -0.2) is 106 Å². The highest BCUT2D eigenvalue weighted by Crippen LogP contribution is 2.71. The molecule has 13 rings (SSSR count). The average Bonchev–Trinajstić information content (AvgIpc) is 1.62. The van der Waals surface area contributed by atoms with Crippen molar-refractivity contribution in [1.82, 2.24) is 0 Å². The van der Waals surface area contributed by atoms with E-state index in [1.165, 1.54) is 44.9 Å². The zero-order chi connectivity index (χ0) is 64.3. The fourth-order valence-electron chi connectivity index (χ4n) is 17.0. The first-order chi connectivity index (χ1) is 40.5. The third-order valence-corrected chi connectivity index (χ3v) is 24.4. The number of carbonyl (C=O) groups excluding carboxylic acids is 7. The van der Waals surface area contributed by atoms with Crippen molar-refractivity contribution in [3.63, 3.8) is 0 Å². The van der Waals surface area contributed by atoms with E-state index in [4.69, 9.17) is 37.9 Å². The molecule has 15 atom stereocenters. The van der Waals surface area contributed by atoms with E-state index in [0.717, 1.165) is 100 Å². The molecule has 4 saturated heterocycles. The van der Waals surface area contributed by atoms with Crippen molar-refractivity contribution in [3.8, 4) is 0 Å². The molecular weight excluding hydrogens is 1110 g/mol. The summed E-state index contributed by atoms with van der Waals surface area (Å²) in [4.78, 5) is 83.1. The molecule has 1 N–H and O–H groups in total. The van der Waals surface area contributed by atoms with Crippen molar-refractivity contribution in [3.05, 3.63) is 0 Å². The predicted octanol–water partition coefficient (Wildman–Crippen LogP) is 13.5. The monoisotopic (exact) mass is 1220 g/mol. The lowest BCUT2D eigenvalue weighted by molar-refractivity contribution is -0.225. The van der Waals surface area contributed by atoms with Crippen molar-refractivity contribution >= 4 is 41.8 Å². The summed E-state index contributed by atoms with van der Waals surface area (Å²) < 4.78 is 44.1. The third-order valence-electron chi connectivity index (χ3n) is 24.4. The van der Waals surface area contributed by atoms with Crippen molar-refractivity contribution in [2.75, 3.05) is 6.61 Å². The van der Waals surface area contributed by atoms with Crippen LogP contribution in [0.1, 0.15) is 265 Å². The van der Waals surface area contributed by atoms with Gasteiger partial charge in [0, 0.05) is 18.8 Å². The lowest BCUT2D eigenvalue weighted by Crippen LogP contribution is -2.61. The van der Waals surface area contributed by atoms with Gasteiger partial charge in [0.2, 0.25) is 6.10 Å². The van der Waals surface area contributed by atoms with Gasteiger partial charge in [0.25, 0.3) is 0 Å². The van der Waals surface area contributed by atoms with Crippen LogP contribution in [0, 0.1) is 80.3 Å². The molecule has 4 heterocycles. The zero-order valence-electron chi connectivity index (χ0n) is 56.6. The van der Waals surface area contributed by atoms with Gasteiger partial charge in [-0.05, 0) is 252 Å². The first-order valence-corrected chi connectivity index (χ1v) is 34.4. The highest BCUT2D eigenvalue weighted by atomic mass is 16.7. The molecule has 15 unspecified atom stereocenters. The number of ether oxygens (including phenoxy) is 8. The van der Waals surface area contributed by atoms with Crippen LogP contribution < -0.4 is 0 Å². The first kappa shape index (κ1) is 69.1. The first-order valence-electron chi connectivity index (χ1n) is 34.4. The molecule has 0 amide bonds. The Labute approximate surface area is 521 Å². The summed E-state index contributed by atoms with van der Waals surface area (Å²) in [7, 11) is 0. The molecule has 13 aliphatic rings. The number of aliphatic hydroxyl groups is 1. The average molecular weight is 1220 g/mol. The van der Waals surface area contributed by atoms with Gasteiger partial charge in [0.15, 0.2) is 12.2 Å². The third kappa shape index (κ3) is 14.3. The van der Waals surface area contributed by atoms with Gasteiger partial charge in [-0.25, -0.2) is 4.79 Å². The highest BCUT2D eigenvalue weighted by Gasteiger charge is 2.69. The quantitative estimate of drug-likeness (QED) is 0.0864. The molecule has 16 heteroatoms. The molecule has 16 nitrogen and oxygen atoms in total. The summed E-state index contributed by atoms with van der Waals surface area (Å²) in [6.07, 6.45) is 21.1. The van der Waals surface area contributed by atoms with Crippen LogP contribution in [0.25, 0.3) is 0 Å². The summed E-state index contributed by atoms with van der Waals surface area (Å²) in [6, 6.07) is 0. The topological polar surface area (TPSA) is 214 Å². The molecule has 13 fully saturated rings. The molecule has 0 radical (unpaired) electrons. The molecule has 494 valence electrons. The summed E-state index contributed by atoms with van der Waals surface area (Å²) in [6.45, 7) is 33.8. The number of hydrogen-bond acceptors (Lipinski definition) is 16. The fourth-order valence-corrected chi connectivity index (χ4v) is 17.0. The molecule has 9 saturated carbocycles. The van der Waals surface area contributed by atoms with Crippen molar-refractivity contribution in [1.29, 1.82) is 0 Å². The van der Waals surface area contributed by atoms with Gasteiger partial charge < -0.3 is 43.0 Å². The Hall–Kier alpha value is -3.79. The molecule has 4 aliphatic heterocycles. The van der Waals surface area contributed by atoms with E-state index in [-0.39, 0.29) is 81.6 Å². The molecule has 0 spiro atoms. The number of esters is 7. The lowest BCUT2D eigenvalue weighted by atomic mass is 9.52. The normalized spacial score (nSPS) is 37.4. The maximum Gasteiger partial charge on any atom is 0.347 e. The Morgan fingerprint density at radius 3 is 1.56 bits per heavy atom. The fraction of sp³-hybridized carbons (Fsp3) is 0.901. The Kier molecular flexibility index (Phi) is 20.4. The summed E-state index contributed by atoms with van der Waals surface area (Å²) >= 11 is 0. The Balaban J connectivity index is 0.000000143. The van der Waals surface area contributed by atoms with E-state index in [9.17, 15) is 38.7 Å². The second kappa shape index (κ2) is 25.7. The standard InChI is InChI=1S/C20H32O2.C16H26O3.C13H18O5.C12H22O2.C10H16O4/c1-5-19(3,4)18(21)22-20(6-2)11-14-10-15(20)17-13-8-7-12(9-13)16(14)17;1-4-14(2,3)13(17)19-16-8-11-5-12(9-16)7-15(18,6-11)10-16;1-4-13(2,3)12(15)18-9-7-5-6-8(16-7)10(9)17-11(6)14;1-5-11(2,3)10(13)14-12(4)8-6-7-9-12;1-4-10(2,3)9(12)14-7-5-6-13-8(7)11/h12-17H,5-11H2,1-4H3;11-12,18H,4-10H2,1-3H3;6-10H,4-5H2,1-3H3;5-9H2,1-4H3;7H,4-6H2,1-3H3. The summed E-state index contributed by atoms with van der Waals surface area (Å²) in [5.41, 5.74) is -3.32. The lowest BCUT2D eigenvalue weighted by Gasteiger charge is -2.59. The van der Waals surface area contributed by atoms with E-state index in [2.05, 4.69) is 20.8 Å². The van der Waals surface area contributed by atoms with Crippen LogP contribution in [-0.2, 0) is 71.5 Å². The second-order valence-electron chi connectivity index (χ2n) is 32.7. The molecule has 0 aromatic rings. The maximum atomic E-state index is 12.7. The van der Waals surface area contributed by atoms with Crippen LogP contribution in [0.3, 0.4) is 0 Å². The van der Waals surface area contributed by atoms with Crippen LogP contribution in [0.4, 0.5) is 0 Å². The molecule has 0 aromatic heterocycles. The van der Waals surface area contributed by atoms with Gasteiger partial charge >= 0.3 is 41.8 Å². The second-order valence-corrected chi connectivity index (χ2v) is 32.7. The van der Waals surface area contributed by atoms with Crippen LogP contribution >= 0.6 is 0 Å². The Morgan fingerprint density at radius 1 is 0.552 bits per heavy atom. The Morgan fingerprint density at radius 2 is 1.06 bits per heavy atom. The highest BCUT2D eigenvalue weighted by molar-refractivity contribution is 5.83. The minimum Gasteiger partial charge on any atom is -0.463 e. The van der Waals surface area contributed by atoms with E-state index in [1.807, 2.05) is 83.1 Å². The molecule has 9 aliphatic carbocycles. The largest absolute Gasteiger partial charge is 0.463 e. The molecular formula is C71H114O16. The van der Waals surface area contributed by atoms with Gasteiger partial charge in [-0.1, -0.05) is 41.5 Å². The van der Waals surface area contributed by atoms with E-state index >= 15 is 0 Å². The van der Waals surface area contributed by atoms with Crippen molar-refractivity contribution in [2.45, 2.75) is 318 Å². The smallest absolute Gasteiger partial charge is 0.347 e. The van der Waals surface area contributed by atoms with Gasteiger partial charge in [-0.2, -0.15) is 0 Å². The number of fused-ring (bicyclic) bond motifs is 10. The SMILES string of the molecule is CCC(C)(C)C(=O)OC1(C)CCCC1.CCC(C)(C)C(=O)OC1(CC)CC2CC1C1C3CCC(C3)C21.CCC(C)(C)C(=O)OC12CC3CC(CC(O)(C3)C1)C2.CCC(C)(C)C(=O)OC1C2CC3C(=O)OC1C3O2.CCC(C)(C)C(=O)OC1CCOC1=O. The summed E-state index contributed by atoms with van der Waals surface area (Å²) in [5.74, 6) is 5.05. The van der Waals surface area contributed by atoms with Crippen LogP contribution in [0.2, 0.25) is 0 Å². The van der Waals surface area contributed by atoms with Gasteiger partial charge in [-0.3, -0.25) is 28.8 Å². The molecule has 10 bridgehead atoms. The maximum absolute atomic E-state index is 12.7. The molecule has 87 heavy (non-hydrogen) atoms. The van der Waals surface area contributed by atoms with E-state index in [0.29, 0.717) is 56.5 Å². The van der Waals surface area contributed by atoms with Gasteiger partial charge in [0.05, 0.1) is 51.3 Å². The van der Waals surface area contributed by atoms with Crippen molar-refractivity contribution in [2.24, 2.45) is 80.3 Å². The number of hydrogen-bond donors (Lipinski definition) is 1. The zero-order valence-corrected chi connectivity index (χ0v) is 56.6. The van der Waals surface area contributed by atoms with Gasteiger partial charge in [-0.15, -0.1) is 0 Å². The number of rotatable bonds is 16. The Bertz CT molecular complexity index is 2510. The minimum atomic E-state index is -0.687. The van der Waals surface area contributed by atoms with E-state index < -0.39 is 46.1 Å². The predicted molar refractivity (Wildman–Crippen MR) is 327 cm³/mol. The number of carbonyl (C=O) groups is 7. The number of cyclic esters (lactones) is 1. The summed E-state index contributed by atoms with van der Waals surface area (Å²) in [5, 5.41) is 10.6. The molecule has 0 aromatic carbocycles. The van der Waals surface area contributed by atoms with Crippen molar-refractivity contribution < 1.29 is 76.6 Å². The van der Waals surface area contributed by atoms with Crippen LogP contribution in [0.5, 0.6) is 0 Å². The minimum absolute atomic E-state index is 0.0376. The van der Waals surface area contributed by atoms with Gasteiger partial charge in [0.1, 0.15) is 22.9 Å². The van der Waals surface area contributed by atoms with Crippen LogP contribution in [0.15, 0.2) is 0 Å².